The third-order valence-corrected chi connectivity index (χ3v) is 3.34. The van der Waals surface area contributed by atoms with E-state index in [0.717, 1.165) is 19.3 Å². The van der Waals surface area contributed by atoms with E-state index in [1.54, 1.807) is 19.1 Å². The Kier molecular flexibility index (Phi) is 3.33. The van der Waals surface area contributed by atoms with Gasteiger partial charge < -0.3 is 10.5 Å². The summed E-state index contributed by atoms with van der Waals surface area (Å²) in [5, 5.41) is 0. The van der Waals surface area contributed by atoms with Crippen LogP contribution in [0.2, 0.25) is 0 Å². The molecule has 0 amide bonds. The van der Waals surface area contributed by atoms with Crippen LogP contribution in [0.1, 0.15) is 24.8 Å². The van der Waals surface area contributed by atoms with Crippen LogP contribution in [0.4, 0.5) is 4.39 Å². The smallest absolute Gasteiger partial charge is 0.129 e. The Balaban J connectivity index is 1.94. The fraction of sp³-hybridized carbons (Fsp3) is 0.462. The van der Waals surface area contributed by atoms with Crippen molar-refractivity contribution in [3.05, 3.63) is 29.6 Å². The molecular weight excluding hydrogens is 237 g/mol. The lowest BCUT2D eigenvalue weighted by Crippen LogP contribution is -2.21. The molecule has 0 bridgehead atoms. The molecule has 0 radical (unpaired) electrons. The zero-order valence-electron chi connectivity index (χ0n) is 9.83. The summed E-state index contributed by atoms with van der Waals surface area (Å²) in [5.41, 5.74) is 6.28. The molecule has 1 aromatic carbocycles. The lowest BCUT2D eigenvalue weighted by molar-refractivity contribution is 0.238. The topological polar surface area (TPSA) is 35.2 Å². The van der Waals surface area contributed by atoms with Crippen molar-refractivity contribution >= 4 is 17.2 Å². The normalized spacial score (nSPS) is 16.6. The van der Waals surface area contributed by atoms with Gasteiger partial charge in [-0.25, -0.2) is 4.39 Å². The first-order chi connectivity index (χ1) is 8.01. The summed E-state index contributed by atoms with van der Waals surface area (Å²) in [6.07, 6.45) is 2.88. The van der Waals surface area contributed by atoms with Gasteiger partial charge in [0.2, 0.25) is 0 Å². The highest BCUT2D eigenvalue weighted by molar-refractivity contribution is 7.80. The summed E-state index contributed by atoms with van der Waals surface area (Å²) in [4.78, 5) is 0.529. The molecule has 4 heteroatoms. The summed E-state index contributed by atoms with van der Waals surface area (Å²) >= 11 is 4.91. The Morgan fingerprint density at radius 2 is 2.24 bits per heavy atom. The molecule has 1 aliphatic carbocycles. The van der Waals surface area contributed by atoms with Crippen molar-refractivity contribution in [1.82, 2.24) is 0 Å². The zero-order valence-corrected chi connectivity index (χ0v) is 10.6. The average Bonchev–Trinajstić information content (AvgIpc) is 2.99. The van der Waals surface area contributed by atoms with Gasteiger partial charge in [-0.05, 0) is 31.4 Å². The number of benzene rings is 1. The Morgan fingerprint density at radius 3 is 2.76 bits per heavy atom. The third-order valence-electron chi connectivity index (χ3n) is 3.19. The second-order valence-corrected chi connectivity index (χ2v) is 5.37. The molecule has 92 valence electrons. The molecule has 1 fully saturated rings. The summed E-state index contributed by atoms with van der Waals surface area (Å²) in [6.45, 7) is 2.29. The molecule has 0 unspecified atom stereocenters. The van der Waals surface area contributed by atoms with Crippen LogP contribution in [-0.4, -0.2) is 11.6 Å². The highest BCUT2D eigenvalue weighted by Crippen LogP contribution is 2.49. The van der Waals surface area contributed by atoms with Gasteiger partial charge in [-0.1, -0.05) is 18.3 Å². The molecule has 17 heavy (non-hydrogen) atoms. The van der Waals surface area contributed by atoms with Crippen molar-refractivity contribution in [1.29, 1.82) is 0 Å². The minimum atomic E-state index is -0.235. The number of aryl methyl sites for hydroxylation is 1. The first-order valence-corrected chi connectivity index (χ1v) is 6.09. The maximum absolute atomic E-state index is 13.3. The van der Waals surface area contributed by atoms with E-state index in [9.17, 15) is 4.39 Å². The molecule has 0 saturated heterocycles. The predicted octanol–water partition coefficient (Wildman–Crippen LogP) is 2.97. The van der Waals surface area contributed by atoms with Gasteiger partial charge in [0.1, 0.15) is 11.6 Å². The quantitative estimate of drug-likeness (QED) is 0.819. The molecule has 1 aliphatic rings. The minimum absolute atomic E-state index is 0.104. The van der Waals surface area contributed by atoms with E-state index in [-0.39, 0.29) is 11.2 Å². The molecule has 2 nitrogen and oxygen atoms in total. The van der Waals surface area contributed by atoms with Crippen LogP contribution >= 0.6 is 12.2 Å². The van der Waals surface area contributed by atoms with E-state index in [1.807, 2.05) is 0 Å². The molecule has 0 atom stereocenters. The van der Waals surface area contributed by atoms with Gasteiger partial charge in [-0.3, -0.25) is 0 Å². The predicted molar refractivity (Wildman–Crippen MR) is 69.7 cm³/mol. The number of nitrogens with two attached hydrogens (primary N) is 1. The van der Waals surface area contributed by atoms with E-state index in [2.05, 4.69) is 0 Å². The van der Waals surface area contributed by atoms with Crippen molar-refractivity contribution in [3.8, 4) is 5.75 Å². The Morgan fingerprint density at radius 1 is 1.53 bits per heavy atom. The van der Waals surface area contributed by atoms with E-state index in [1.165, 1.54) is 6.07 Å². The van der Waals surface area contributed by atoms with Crippen LogP contribution < -0.4 is 10.5 Å². The second kappa shape index (κ2) is 4.61. The third kappa shape index (κ3) is 3.16. The maximum Gasteiger partial charge on any atom is 0.129 e. The van der Waals surface area contributed by atoms with Crippen molar-refractivity contribution < 1.29 is 9.13 Å². The molecule has 0 spiro atoms. The number of hydrogen-bond acceptors (Lipinski definition) is 2. The van der Waals surface area contributed by atoms with Crippen LogP contribution in [-0.2, 0) is 0 Å². The van der Waals surface area contributed by atoms with Crippen LogP contribution in [0.25, 0.3) is 0 Å². The number of ether oxygens (including phenoxy) is 1. The van der Waals surface area contributed by atoms with Gasteiger partial charge >= 0.3 is 0 Å². The molecule has 2 N–H and O–H groups in total. The van der Waals surface area contributed by atoms with Crippen molar-refractivity contribution in [2.45, 2.75) is 26.2 Å². The molecule has 0 aromatic heterocycles. The first-order valence-electron chi connectivity index (χ1n) is 5.68. The van der Waals surface area contributed by atoms with Gasteiger partial charge in [0.15, 0.2) is 0 Å². The average molecular weight is 253 g/mol. The van der Waals surface area contributed by atoms with Gasteiger partial charge in [-0.15, -0.1) is 0 Å². The molecule has 0 heterocycles. The van der Waals surface area contributed by atoms with Gasteiger partial charge in [0, 0.05) is 17.9 Å². The summed E-state index contributed by atoms with van der Waals surface area (Å²) in [7, 11) is 0. The number of rotatable bonds is 5. The molecule has 0 aliphatic heterocycles. The van der Waals surface area contributed by atoms with Crippen LogP contribution in [0.15, 0.2) is 18.2 Å². The SMILES string of the molecule is Cc1ccc(OCC2(CC(N)=S)CC2)cc1F. The largest absolute Gasteiger partial charge is 0.493 e. The Labute approximate surface area is 106 Å². The van der Waals surface area contributed by atoms with E-state index >= 15 is 0 Å². The van der Waals surface area contributed by atoms with Gasteiger partial charge in [0.25, 0.3) is 0 Å². The molecule has 2 rings (SSSR count). The Hall–Kier alpha value is -1.16. The van der Waals surface area contributed by atoms with Crippen LogP contribution in [0.3, 0.4) is 0 Å². The van der Waals surface area contributed by atoms with Crippen LogP contribution in [0.5, 0.6) is 5.75 Å². The molecular formula is C13H16FNOS. The lowest BCUT2D eigenvalue weighted by atomic mass is 10.0. The number of thiocarbonyl (C=S) groups is 1. The summed E-state index contributed by atoms with van der Waals surface area (Å²) < 4.78 is 18.9. The van der Waals surface area contributed by atoms with Crippen molar-refractivity contribution in [2.24, 2.45) is 11.1 Å². The Bertz CT molecular complexity index is 443. The molecule has 1 aromatic rings. The minimum Gasteiger partial charge on any atom is -0.493 e. The zero-order chi connectivity index (χ0) is 12.5. The van der Waals surface area contributed by atoms with Crippen LogP contribution in [0, 0.1) is 18.2 Å². The molecule has 1 saturated carbocycles. The first kappa shape index (κ1) is 12.3. The van der Waals surface area contributed by atoms with Crippen molar-refractivity contribution in [3.63, 3.8) is 0 Å². The fourth-order valence-electron chi connectivity index (χ4n) is 1.82. The van der Waals surface area contributed by atoms with E-state index < -0.39 is 0 Å². The standard InChI is InChI=1S/C13H16FNOS/c1-9-2-3-10(6-11(9)14)16-8-13(4-5-13)7-12(15)17/h2-3,6H,4-5,7-8H2,1H3,(H2,15,17). The number of halogens is 1. The van der Waals surface area contributed by atoms with E-state index in [0.29, 0.717) is 22.9 Å². The van der Waals surface area contributed by atoms with Gasteiger partial charge in [-0.2, -0.15) is 0 Å². The second-order valence-electron chi connectivity index (χ2n) is 4.84. The monoisotopic (exact) mass is 253 g/mol. The van der Waals surface area contributed by atoms with E-state index in [4.69, 9.17) is 22.7 Å². The fourth-order valence-corrected chi connectivity index (χ4v) is 2.12. The summed E-state index contributed by atoms with van der Waals surface area (Å²) in [5.74, 6) is 0.337. The van der Waals surface area contributed by atoms with Crippen molar-refractivity contribution in [2.75, 3.05) is 6.61 Å². The highest BCUT2D eigenvalue weighted by Gasteiger charge is 2.43. The number of hydrogen-bond donors (Lipinski definition) is 1. The maximum atomic E-state index is 13.3. The summed E-state index contributed by atoms with van der Waals surface area (Å²) in [6, 6.07) is 4.93. The van der Waals surface area contributed by atoms with Gasteiger partial charge in [0.05, 0.1) is 11.6 Å². The highest BCUT2D eigenvalue weighted by atomic mass is 32.1. The lowest BCUT2D eigenvalue weighted by Gasteiger charge is -2.15.